The predicted octanol–water partition coefficient (Wildman–Crippen LogP) is 4.42. The summed E-state index contributed by atoms with van der Waals surface area (Å²) < 4.78 is 14.3. The van der Waals surface area contributed by atoms with Crippen molar-refractivity contribution in [3.05, 3.63) is 75.6 Å². The van der Waals surface area contributed by atoms with Gasteiger partial charge in [0.1, 0.15) is 5.82 Å². The van der Waals surface area contributed by atoms with Crippen molar-refractivity contribution in [1.82, 2.24) is 15.5 Å². The van der Waals surface area contributed by atoms with E-state index in [1.807, 2.05) is 36.4 Å². The van der Waals surface area contributed by atoms with Crippen LogP contribution in [-0.2, 0) is 11.3 Å². The van der Waals surface area contributed by atoms with E-state index in [1.54, 1.807) is 12.1 Å². The second-order valence-corrected chi connectivity index (χ2v) is 8.63. The number of carbonyl (C=O) groups excluding carboxylic acids is 1. The van der Waals surface area contributed by atoms with Gasteiger partial charge in [0.05, 0.1) is 5.69 Å². The minimum atomic E-state index is -0.270. The third-order valence-electron chi connectivity index (χ3n) is 5.36. The third-order valence-corrected chi connectivity index (χ3v) is 6.08. The van der Waals surface area contributed by atoms with Crippen molar-refractivity contribution in [2.45, 2.75) is 19.4 Å². The third kappa shape index (κ3) is 5.13. The SMILES string of the molecule is O=C(NCc1ccc(I)cc1)C1CCN(c2ccc(-c3ccc(F)cc3)nn2)CC1. The number of piperidine rings is 1. The fourth-order valence-electron chi connectivity index (χ4n) is 3.58. The van der Waals surface area contributed by atoms with Crippen molar-refractivity contribution in [3.63, 3.8) is 0 Å². The number of carbonyl (C=O) groups is 1. The van der Waals surface area contributed by atoms with Crippen LogP contribution < -0.4 is 10.2 Å². The zero-order valence-electron chi connectivity index (χ0n) is 16.4. The van der Waals surface area contributed by atoms with Crippen LogP contribution in [0.1, 0.15) is 18.4 Å². The molecule has 0 unspecified atom stereocenters. The topological polar surface area (TPSA) is 58.1 Å². The predicted molar refractivity (Wildman–Crippen MR) is 123 cm³/mol. The van der Waals surface area contributed by atoms with Gasteiger partial charge >= 0.3 is 0 Å². The number of nitrogens with one attached hydrogen (secondary N) is 1. The maximum absolute atomic E-state index is 13.1. The summed E-state index contributed by atoms with van der Waals surface area (Å²) in [6, 6.07) is 18.2. The van der Waals surface area contributed by atoms with E-state index in [-0.39, 0.29) is 17.6 Å². The van der Waals surface area contributed by atoms with Crippen molar-refractivity contribution >= 4 is 34.3 Å². The average molecular weight is 516 g/mol. The first-order valence-electron chi connectivity index (χ1n) is 9.95. The molecule has 2 aromatic carbocycles. The van der Waals surface area contributed by atoms with Gasteiger partial charge in [0.15, 0.2) is 5.82 Å². The van der Waals surface area contributed by atoms with E-state index in [0.717, 1.165) is 42.9 Å². The van der Waals surface area contributed by atoms with Gasteiger partial charge in [-0.1, -0.05) is 12.1 Å². The number of benzene rings is 2. The molecule has 1 saturated heterocycles. The van der Waals surface area contributed by atoms with E-state index in [9.17, 15) is 9.18 Å². The first-order valence-corrected chi connectivity index (χ1v) is 11.0. The summed E-state index contributed by atoms with van der Waals surface area (Å²) >= 11 is 2.27. The highest BCUT2D eigenvalue weighted by Gasteiger charge is 2.25. The van der Waals surface area contributed by atoms with E-state index in [2.05, 4.69) is 43.0 Å². The molecule has 0 spiro atoms. The zero-order chi connectivity index (χ0) is 20.9. The van der Waals surface area contributed by atoms with E-state index in [1.165, 1.54) is 15.7 Å². The van der Waals surface area contributed by atoms with Gasteiger partial charge < -0.3 is 10.2 Å². The normalized spacial score (nSPS) is 14.5. The Hall–Kier alpha value is -2.55. The lowest BCUT2D eigenvalue weighted by Gasteiger charge is -2.31. The number of nitrogens with zero attached hydrogens (tertiary/aromatic N) is 3. The molecule has 3 aromatic rings. The van der Waals surface area contributed by atoms with Gasteiger partial charge in [-0.3, -0.25) is 4.79 Å². The monoisotopic (exact) mass is 516 g/mol. The molecule has 1 aliphatic heterocycles. The Morgan fingerprint density at radius 3 is 2.33 bits per heavy atom. The molecule has 0 saturated carbocycles. The van der Waals surface area contributed by atoms with Crippen molar-refractivity contribution in [2.24, 2.45) is 5.92 Å². The summed E-state index contributed by atoms with van der Waals surface area (Å²) in [6.07, 6.45) is 1.58. The molecular formula is C23H22FIN4O. The molecule has 0 atom stereocenters. The van der Waals surface area contributed by atoms with Crippen LogP contribution in [-0.4, -0.2) is 29.2 Å². The number of hydrogen-bond acceptors (Lipinski definition) is 4. The van der Waals surface area contributed by atoms with Crippen LogP contribution in [0.4, 0.5) is 10.2 Å². The fourth-order valence-corrected chi connectivity index (χ4v) is 3.93. The minimum absolute atomic E-state index is 0.0246. The van der Waals surface area contributed by atoms with E-state index < -0.39 is 0 Å². The highest BCUT2D eigenvalue weighted by Crippen LogP contribution is 2.24. The van der Waals surface area contributed by atoms with Crippen LogP contribution in [0, 0.1) is 15.3 Å². The van der Waals surface area contributed by atoms with E-state index in [0.29, 0.717) is 12.2 Å². The lowest BCUT2D eigenvalue weighted by atomic mass is 9.96. The van der Waals surface area contributed by atoms with E-state index in [4.69, 9.17) is 0 Å². The first-order chi connectivity index (χ1) is 14.6. The van der Waals surface area contributed by atoms with Crippen LogP contribution in [0.2, 0.25) is 0 Å². The molecule has 1 amide bonds. The van der Waals surface area contributed by atoms with Crippen LogP contribution in [0.5, 0.6) is 0 Å². The Kier molecular flexibility index (Phi) is 6.56. The number of aromatic nitrogens is 2. The molecule has 0 bridgehead atoms. The molecule has 30 heavy (non-hydrogen) atoms. The quantitative estimate of drug-likeness (QED) is 0.511. The summed E-state index contributed by atoms with van der Waals surface area (Å²) in [6.45, 7) is 2.10. The highest BCUT2D eigenvalue weighted by molar-refractivity contribution is 14.1. The largest absolute Gasteiger partial charge is 0.355 e. The van der Waals surface area contributed by atoms with Crippen molar-refractivity contribution in [2.75, 3.05) is 18.0 Å². The average Bonchev–Trinajstić information content (AvgIpc) is 2.79. The summed E-state index contributed by atoms with van der Waals surface area (Å²) in [7, 11) is 0. The standard InChI is InChI=1S/C23H22FIN4O/c24-19-5-3-17(4-6-19)21-9-10-22(28-27-21)29-13-11-18(12-14-29)23(30)26-15-16-1-7-20(25)8-2-16/h1-10,18H,11-15H2,(H,26,30). The molecule has 0 radical (unpaired) electrons. The Balaban J connectivity index is 1.29. The van der Waals surface area contributed by atoms with Crippen molar-refractivity contribution in [1.29, 1.82) is 0 Å². The van der Waals surface area contributed by atoms with E-state index >= 15 is 0 Å². The number of halogens is 2. The second kappa shape index (κ2) is 9.51. The maximum Gasteiger partial charge on any atom is 0.223 e. The van der Waals surface area contributed by atoms with Gasteiger partial charge in [-0.15, -0.1) is 10.2 Å². The van der Waals surface area contributed by atoms with Gasteiger partial charge in [-0.25, -0.2) is 4.39 Å². The Morgan fingerprint density at radius 1 is 1.00 bits per heavy atom. The molecule has 1 aromatic heterocycles. The molecule has 7 heteroatoms. The summed E-state index contributed by atoms with van der Waals surface area (Å²) in [5.41, 5.74) is 2.65. The summed E-state index contributed by atoms with van der Waals surface area (Å²) in [5, 5.41) is 11.7. The fraction of sp³-hybridized carbons (Fsp3) is 0.261. The Bertz CT molecular complexity index is 985. The van der Waals surface area contributed by atoms with Crippen LogP contribution in [0.15, 0.2) is 60.7 Å². The van der Waals surface area contributed by atoms with Gasteiger partial charge in [0.25, 0.3) is 0 Å². The summed E-state index contributed by atoms with van der Waals surface area (Å²) in [5.74, 6) is 0.676. The molecular weight excluding hydrogens is 494 g/mol. The molecule has 2 heterocycles. The number of amides is 1. The number of hydrogen-bond donors (Lipinski definition) is 1. The lowest BCUT2D eigenvalue weighted by molar-refractivity contribution is -0.125. The molecule has 0 aliphatic carbocycles. The second-order valence-electron chi connectivity index (χ2n) is 7.39. The number of anilines is 1. The molecule has 154 valence electrons. The van der Waals surface area contributed by atoms with Crippen molar-refractivity contribution in [3.8, 4) is 11.3 Å². The van der Waals surface area contributed by atoms with Gasteiger partial charge in [0.2, 0.25) is 5.91 Å². The van der Waals surface area contributed by atoms with Gasteiger partial charge in [0, 0.05) is 34.7 Å². The Morgan fingerprint density at radius 2 is 1.70 bits per heavy atom. The van der Waals surface area contributed by atoms with Crippen LogP contribution in [0.25, 0.3) is 11.3 Å². The lowest BCUT2D eigenvalue weighted by Crippen LogP contribution is -2.40. The molecule has 5 nitrogen and oxygen atoms in total. The van der Waals surface area contributed by atoms with Gasteiger partial charge in [-0.05, 0) is 89.5 Å². The highest BCUT2D eigenvalue weighted by atomic mass is 127. The molecule has 1 aliphatic rings. The molecule has 1 N–H and O–H groups in total. The zero-order valence-corrected chi connectivity index (χ0v) is 18.5. The van der Waals surface area contributed by atoms with Gasteiger partial charge in [-0.2, -0.15) is 0 Å². The molecule has 4 rings (SSSR count). The molecule has 1 fully saturated rings. The Labute approximate surface area is 188 Å². The summed E-state index contributed by atoms with van der Waals surface area (Å²) in [4.78, 5) is 14.7. The van der Waals surface area contributed by atoms with Crippen LogP contribution >= 0.6 is 22.6 Å². The first kappa shape index (κ1) is 20.7. The number of rotatable bonds is 5. The minimum Gasteiger partial charge on any atom is -0.355 e. The smallest absolute Gasteiger partial charge is 0.223 e. The van der Waals surface area contributed by atoms with Crippen LogP contribution in [0.3, 0.4) is 0 Å². The maximum atomic E-state index is 13.1. The van der Waals surface area contributed by atoms with Crippen molar-refractivity contribution < 1.29 is 9.18 Å².